The summed E-state index contributed by atoms with van der Waals surface area (Å²) in [5.41, 5.74) is 3.15. The summed E-state index contributed by atoms with van der Waals surface area (Å²) >= 11 is 1.64. The zero-order chi connectivity index (χ0) is 18.7. The Morgan fingerprint density at radius 2 is 1.73 bits per heavy atom. The van der Waals surface area contributed by atoms with Crippen molar-refractivity contribution in [2.45, 2.75) is 25.7 Å². The van der Waals surface area contributed by atoms with Crippen LogP contribution in [-0.4, -0.2) is 30.8 Å². The van der Waals surface area contributed by atoms with E-state index in [1.807, 2.05) is 38.1 Å². The Balaban J connectivity index is 1.81. The average molecular weight is 387 g/mol. The second-order valence-corrected chi connectivity index (χ2v) is 9.02. The van der Waals surface area contributed by atoms with Crippen LogP contribution in [-0.2, 0) is 10.0 Å². The summed E-state index contributed by atoms with van der Waals surface area (Å²) in [6, 6.07) is 13.2. The standard InChI is InChI=1S/C20H22N2O2S2/c1-4-22(5-2)26(23,24)17-10-7-16(8-11-17)9-13-20-21-18-14-15(3)6-12-19(18)25-20/h6-14H,4-5H2,1-3H3/b13-9+. The van der Waals surface area contributed by atoms with E-state index in [0.717, 1.165) is 20.8 Å². The highest BCUT2D eigenvalue weighted by molar-refractivity contribution is 7.89. The van der Waals surface area contributed by atoms with Crippen LogP contribution >= 0.6 is 11.3 Å². The highest BCUT2D eigenvalue weighted by atomic mass is 32.2. The summed E-state index contributed by atoms with van der Waals surface area (Å²) in [5, 5.41) is 0.936. The number of thiazole rings is 1. The van der Waals surface area contributed by atoms with Gasteiger partial charge in [0.2, 0.25) is 10.0 Å². The number of fused-ring (bicyclic) bond motifs is 1. The first-order chi connectivity index (χ1) is 12.4. The molecule has 0 fully saturated rings. The van der Waals surface area contributed by atoms with Crippen LogP contribution in [0.2, 0.25) is 0 Å². The van der Waals surface area contributed by atoms with Gasteiger partial charge in [0.05, 0.1) is 15.1 Å². The van der Waals surface area contributed by atoms with Crippen LogP contribution in [0.25, 0.3) is 22.4 Å². The summed E-state index contributed by atoms with van der Waals surface area (Å²) in [4.78, 5) is 4.95. The van der Waals surface area contributed by atoms with Crippen molar-refractivity contribution in [1.82, 2.24) is 9.29 Å². The highest BCUT2D eigenvalue weighted by Crippen LogP contribution is 2.24. The molecule has 6 heteroatoms. The van der Waals surface area contributed by atoms with Crippen molar-refractivity contribution in [3.63, 3.8) is 0 Å². The molecule has 136 valence electrons. The van der Waals surface area contributed by atoms with Crippen LogP contribution in [0.15, 0.2) is 47.4 Å². The Labute approximate surface area is 158 Å². The van der Waals surface area contributed by atoms with Gasteiger partial charge in [-0.3, -0.25) is 0 Å². The second-order valence-electron chi connectivity index (χ2n) is 6.01. The average Bonchev–Trinajstić information content (AvgIpc) is 3.03. The zero-order valence-corrected chi connectivity index (χ0v) is 16.8. The third-order valence-corrected chi connectivity index (χ3v) is 7.27. The monoisotopic (exact) mass is 386 g/mol. The van der Waals surface area contributed by atoms with Crippen molar-refractivity contribution in [3.8, 4) is 0 Å². The first-order valence-corrected chi connectivity index (χ1v) is 10.8. The van der Waals surface area contributed by atoms with E-state index in [0.29, 0.717) is 18.0 Å². The van der Waals surface area contributed by atoms with Crippen LogP contribution in [0.4, 0.5) is 0 Å². The maximum Gasteiger partial charge on any atom is 0.243 e. The fourth-order valence-corrected chi connectivity index (χ4v) is 5.07. The minimum absolute atomic E-state index is 0.328. The first kappa shape index (κ1) is 18.8. The van der Waals surface area contributed by atoms with Crippen molar-refractivity contribution in [1.29, 1.82) is 0 Å². The molecule has 3 rings (SSSR count). The molecule has 0 unspecified atom stereocenters. The molecule has 0 N–H and O–H groups in total. The lowest BCUT2D eigenvalue weighted by Crippen LogP contribution is -2.30. The summed E-state index contributed by atoms with van der Waals surface area (Å²) in [5.74, 6) is 0. The van der Waals surface area contributed by atoms with Gasteiger partial charge in [-0.25, -0.2) is 13.4 Å². The summed E-state index contributed by atoms with van der Waals surface area (Å²) in [7, 11) is -3.41. The number of sulfonamides is 1. The van der Waals surface area contributed by atoms with Crippen molar-refractivity contribution >= 4 is 43.7 Å². The topological polar surface area (TPSA) is 50.3 Å². The van der Waals surface area contributed by atoms with Crippen molar-refractivity contribution in [2.75, 3.05) is 13.1 Å². The van der Waals surface area contributed by atoms with Gasteiger partial charge in [0, 0.05) is 13.1 Å². The van der Waals surface area contributed by atoms with Gasteiger partial charge in [0.25, 0.3) is 0 Å². The van der Waals surface area contributed by atoms with Gasteiger partial charge in [-0.1, -0.05) is 38.1 Å². The van der Waals surface area contributed by atoms with E-state index in [2.05, 4.69) is 30.1 Å². The SMILES string of the molecule is CCN(CC)S(=O)(=O)c1ccc(/C=C/c2nc3cc(C)ccc3s2)cc1. The van der Waals surface area contributed by atoms with Gasteiger partial charge in [0.1, 0.15) is 5.01 Å². The number of nitrogens with zero attached hydrogens (tertiary/aromatic N) is 2. The van der Waals surface area contributed by atoms with Crippen molar-refractivity contribution < 1.29 is 8.42 Å². The number of aromatic nitrogens is 1. The van der Waals surface area contributed by atoms with Gasteiger partial charge < -0.3 is 0 Å². The Kier molecular flexibility index (Phi) is 5.55. The smallest absolute Gasteiger partial charge is 0.237 e. The molecule has 0 aliphatic rings. The van der Waals surface area contributed by atoms with E-state index in [1.165, 1.54) is 9.87 Å². The summed E-state index contributed by atoms with van der Waals surface area (Å²) in [6.07, 6.45) is 3.92. The Morgan fingerprint density at radius 3 is 2.38 bits per heavy atom. The van der Waals surface area contributed by atoms with E-state index in [-0.39, 0.29) is 0 Å². The van der Waals surface area contributed by atoms with Crippen LogP contribution in [0, 0.1) is 6.92 Å². The molecule has 1 heterocycles. The van der Waals surface area contributed by atoms with E-state index >= 15 is 0 Å². The molecule has 0 saturated carbocycles. The Hall–Kier alpha value is -2.02. The fourth-order valence-electron chi connectivity index (χ4n) is 2.76. The highest BCUT2D eigenvalue weighted by Gasteiger charge is 2.20. The third-order valence-electron chi connectivity index (χ3n) is 4.20. The lowest BCUT2D eigenvalue weighted by atomic mass is 10.2. The fraction of sp³-hybridized carbons (Fsp3) is 0.250. The van der Waals surface area contributed by atoms with Crippen LogP contribution < -0.4 is 0 Å². The first-order valence-electron chi connectivity index (χ1n) is 8.59. The van der Waals surface area contributed by atoms with E-state index in [9.17, 15) is 8.42 Å². The van der Waals surface area contributed by atoms with Crippen molar-refractivity contribution in [2.24, 2.45) is 0 Å². The lowest BCUT2D eigenvalue weighted by Gasteiger charge is -2.18. The van der Waals surface area contributed by atoms with E-state index in [1.54, 1.807) is 23.5 Å². The van der Waals surface area contributed by atoms with E-state index in [4.69, 9.17) is 0 Å². The largest absolute Gasteiger partial charge is 0.243 e. The number of rotatable bonds is 6. The molecule has 0 aliphatic heterocycles. The van der Waals surface area contributed by atoms with E-state index < -0.39 is 10.0 Å². The minimum Gasteiger partial charge on any atom is -0.237 e. The third kappa shape index (κ3) is 3.87. The molecule has 0 bridgehead atoms. The molecule has 0 amide bonds. The Morgan fingerprint density at radius 1 is 1.04 bits per heavy atom. The van der Waals surface area contributed by atoms with Crippen LogP contribution in [0.3, 0.4) is 0 Å². The maximum absolute atomic E-state index is 12.5. The predicted octanol–water partition coefficient (Wildman–Crippen LogP) is 4.81. The molecule has 3 aromatic rings. The molecule has 2 aromatic carbocycles. The quantitative estimate of drug-likeness (QED) is 0.611. The molecule has 0 atom stereocenters. The van der Waals surface area contributed by atoms with Crippen LogP contribution in [0.1, 0.15) is 30.0 Å². The van der Waals surface area contributed by atoms with Gasteiger partial charge in [-0.2, -0.15) is 4.31 Å². The Bertz CT molecular complexity index is 1030. The normalized spacial score (nSPS) is 12.5. The number of benzene rings is 2. The zero-order valence-electron chi connectivity index (χ0n) is 15.1. The molecule has 0 radical (unpaired) electrons. The minimum atomic E-state index is -3.41. The van der Waals surface area contributed by atoms with Crippen LogP contribution in [0.5, 0.6) is 0 Å². The van der Waals surface area contributed by atoms with Gasteiger partial charge in [-0.05, 0) is 48.4 Å². The number of aryl methyl sites for hydroxylation is 1. The molecule has 0 spiro atoms. The summed E-state index contributed by atoms with van der Waals surface area (Å²) in [6.45, 7) is 6.69. The number of hydrogen-bond acceptors (Lipinski definition) is 4. The van der Waals surface area contributed by atoms with Gasteiger partial charge >= 0.3 is 0 Å². The predicted molar refractivity (Wildman–Crippen MR) is 110 cm³/mol. The molecule has 1 aromatic heterocycles. The molecular weight excluding hydrogens is 364 g/mol. The molecular formula is C20H22N2O2S2. The molecule has 4 nitrogen and oxygen atoms in total. The maximum atomic E-state index is 12.5. The lowest BCUT2D eigenvalue weighted by molar-refractivity contribution is 0.445. The second kappa shape index (κ2) is 7.70. The van der Waals surface area contributed by atoms with Crippen molar-refractivity contribution in [3.05, 3.63) is 58.6 Å². The summed E-state index contributed by atoms with van der Waals surface area (Å²) < 4.78 is 27.6. The van der Waals surface area contributed by atoms with Gasteiger partial charge in [0.15, 0.2) is 0 Å². The molecule has 26 heavy (non-hydrogen) atoms. The number of hydrogen-bond donors (Lipinski definition) is 0. The molecule has 0 saturated heterocycles. The molecule has 0 aliphatic carbocycles. The van der Waals surface area contributed by atoms with Gasteiger partial charge in [-0.15, -0.1) is 11.3 Å².